The summed E-state index contributed by atoms with van der Waals surface area (Å²) in [5.41, 5.74) is 0. The molecule has 324 valence electrons. The Bertz CT molecular complexity index is 977. The number of hydrogen-bond acceptors (Lipinski definition) is 5. The molecule has 0 spiro atoms. The predicted octanol–water partition coefficient (Wildman–Crippen LogP) is 15.8. The van der Waals surface area contributed by atoms with Crippen molar-refractivity contribution in [1.82, 2.24) is 0 Å². The molecule has 1 unspecified atom stereocenters. The monoisotopic (exact) mass is 783 g/mol. The molecule has 0 aromatic rings. The van der Waals surface area contributed by atoms with Gasteiger partial charge in [0.05, 0.1) is 6.61 Å². The van der Waals surface area contributed by atoms with Gasteiger partial charge in [0.15, 0.2) is 6.10 Å². The molecule has 5 heteroatoms. The molecule has 0 aliphatic rings. The molecule has 0 heterocycles. The van der Waals surface area contributed by atoms with Crippen LogP contribution in [0.4, 0.5) is 0 Å². The van der Waals surface area contributed by atoms with Gasteiger partial charge in [-0.1, -0.05) is 210 Å². The molecule has 5 nitrogen and oxygen atoms in total. The highest BCUT2D eigenvalue weighted by Gasteiger charge is 2.17. The largest absolute Gasteiger partial charge is 0.462 e. The highest BCUT2D eigenvalue weighted by Crippen LogP contribution is 2.14. The van der Waals surface area contributed by atoms with Crippen molar-refractivity contribution in [2.45, 2.75) is 232 Å². The quantitative estimate of drug-likeness (QED) is 0.0350. The standard InChI is InChI=1S/C51H90O5/c1-4-7-10-13-16-19-21-23-24-25-26-27-29-31-34-37-40-43-46-54-47-49(56-51(53)45-42-39-36-32-18-15-12-9-6-3)48-55-50(52)44-41-38-35-33-30-28-22-20-17-14-11-8-5-2/h7,10,16,19,23-24,26-27,31,34,49H,4-6,8-9,11-15,17-18,20-22,25,28-30,32-33,35-48H2,1-3H3/b10-7-,19-16-,24-23-,27-26-,34-31-. The van der Waals surface area contributed by atoms with Crippen LogP contribution in [0.1, 0.15) is 226 Å². The van der Waals surface area contributed by atoms with E-state index in [1.165, 1.54) is 116 Å². The van der Waals surface area contributed by atoms with Gasteiger partial charge in [-0.05, 0) is 64.2 Å². The molecule has 56 heavy (non-hydrogen) atoms. The van der Waals surface area contributed by atoms with Crippen molar-refractivity contribution in [3.05, 3.63) is 60.8 Å². The molecule has 0 bridgehead atoms. The Labute approximate surface area is 347 Å². The number of rotatable bonds is 43. The molecule has 1 atom stereocenters. The van der Waals surface area contributed by atoms with Crippen LogP contribution < -0.4 is 0 Å². The minimum absolute atomic E-state index is 0.0703. The third-order valence-corrected chi connectivity index (χ3v) is 10.1. The molecule has 0 aromatic heterocycles. The SMILES string of the molecule is CC/C=C\C/C=C\C/C=C\C/C=C\C/C=C\CCCCOCC(COC(=O)CCCCCCCCCCCCCCC)OC(=O)CCCCCCCCCCC. The van der Waals surface area contributed by atoms with E-state index in [-0.39, 0.29) is 25.2 Å². The lowest BCUT2D eigenvalue weighted by molar-refractivity contribution is -0.163. The van der Waals surface area contributed by atoms with Crippen LogP contribution in [-0.2, 0) is 23.8 Å². The fourth-order valence-electron chi connectivity index (χ4n) is 6.54. The Hall–Kier alpha value is -2.40. The maximum atomic E-state index is 12.7. The van der Waals surface area contributed by atoms with Crippen LogP contribution in [-0.4, -0.2) is 37.9 Å². The van der Waals surface area contributed by atoms with Crippen molar-refractivity contribution in [3.8, 4) is 0 Å². The van der Waals surface area contributed by atoms with E-state index in [0.29, 0.717) is 19.4 Å². The second kappa shape index (κ2) is 47.0. The number of esters is 2. The second-order valence-electron chi connectivity index (χ2n) is 15.6. The minimum atomic E-state index is -0.553. The maximum absolute atomic E-state index is 12.7. The van der Waals surface area contributed by atoms with Gasteiger partial charge in [-0.2, -0.15) is 0 Å². The number of ether oxygens (including phenoxy) is 3. The molecule has 0 amide bonds. The number of unbranched alkanes of at least 4 members (excludes halogenated alkanes) is 22. The third-order valence-electron chi connectivity index (χ3n) is 10.1. The van der Waals surface area contributed by atoms with Gasteiger partial charge in [0.1, 0.15) is 6.61 Å². The Morgan fingerprint density at radius 1 is 0.411 bits per heavy atom. The summed E-state index contributed by atoms with van der Waals surface area (Å²) in [7, 11) is 0. The van der Waals surface area contributed by atoms with Crippen LogP contribution in [0.3, 0.4) is 0 Å². The van der Waals surface area contributed by atoms with Gasteiger partial charge < -0.3 is 14.2 Å². The van der Waals surface area contributed by atoms with Gasteiger partial charge in [0, 0.05) is 19.4 Å². The molecule has 0 aliphatic heterocycles. The summed E-state index contributed by atoms with van der Waals surface area (Å²) in [6.45, 7) is 7.61. The fourth-order valence-corrected chi connectivity index (χ4v) is 6.54. The van der Waals surface area contributed by atoms with E-state index in [1.54, 1.807) is 0 Å². The van der Waals surface area contributed by atoms with Crippen LogP contribution in [0.15, 0.2) is 60.8 Å². The highest BCUT2D eigenvalue weighted by molar-refractivity contribution is 5.70. The van der Waals surface area contributed by atoms with Crippen molar-refractivity contribution in [2.24, 2.45) is 0 Å². The summed E-state index contributed by atoms with van der Waals surface area (Å²) in [6, 6.07) is 0. The molecule has 0 aliphatic carbocycles. The zero-order valence-electron chi connectivity index (χ0n) is 37.1. The zero-order chi connectivity index (χ0) is 40.7. The Morgan fingerprint density at radius 3 is 1.25 bits per heavy atom. The lowest BCUT2D eigenvalue weighted by Gasteiger charge is -2.18. The van der Waals surface area contributed by atoms with E-state index < -0.39 is 6.10 Å². The molecular weight excluding hydrogens is 693 g/mol. The number of hydrogen-bond donors (Lipinski definition) is 0. The van der Waals surface area contributed by atoms with Crippen molar-refractivity contribution < 1.29 is 23.8 Å². The third kappa shape index (κ3) is 44.3. The van der Waals surface area contributed by atoms with Gasteiger partial charge in [0.25, 0.3) is 0 Å². The van der Waals surface area contributed by atoms with Crippen LogP contribution in [0.2, 0.25) is 0 Å². The average Bonchev–Trinajstić information content (AvgIpc) is 3.20. The van der Waals surface area contributed by atoms with Crippen LogP contribution in [0, 0.1) is 0 Å². The first-order valence-electron chi connectivity index (χ1n) is 23.8. The van der Waals surface area contributed by atoms with Gasteiger partial charge in [-0.3, -0.25) is 9.59 Å². The second-order valence-corrected chi connectivity index (χ2v) is 15.6. The summed E-state index contributed by atoms with van der Waals surface area (Å²) in [5.74, 6) is -0.419. The van der Waals surface area contributed by atoms with E-state index in [4.69, 9.17) is 14.2 Å². The van der Waals surface area contributed by atoms with Crippen molar-refractivity contribution in [2.75, 3.05) is 19.8 Å². The first-order valence-corrected chi connectivity index (χ1v) is 23.8. The average molecular weight is 783 g/mol. The van der Waals surface area contributed by atoms with Gasteiger partial charge in [-0.25, -0.2) is 0 Å². The lowest BCUT2D eigenvalue weighted by Crippen LogP contribution is -2.30. The summed E-state index contributed by atoms with van der Waals surface area (Å²) < 4.78 is 17.3. The molecule has 0 N–H and O–H groups in total. The highest BCUT2D eigenvalue weighted by atomic mass is 16.6. The van der Waals surface area contributed by atoms with E-state index in [1.807, 2.05) is 0 Å². The fraction of sp³-hybridized carbons (Fsp3) is 0.765. The first-order chi connectivity index (χ1) is 27.6. The summed E-state index contributed by atoms with van der Waals surface area (Å²) in [6.07, 6.45) is 58.0. The predicted molar refractivity (Wildman–Crippen MR) is 242 cm³/mol. The van der Waals surface area contributed by atoms with Crippen molar-refractivity contribution >= 4 is 11.9 Å². The van der Waals surface area contributed by atoms with Gasteiger partial charge >= 0.3 is 11.9 Å². The number of carbonyl (C=O) groups excluding carboxylic acids is 2. The topological polar surface area (TPSA) is 61.8 Å². The van der Waals surface area contributed by atoms with Crippen LogP contribution in [0.25, 0.3) is 0 Å². The van der Waals surface area contributed by atoms with Crippen LogP contribution >= 0.6 is 0 Å². The van der Waals surface area contributed by atoms with Crippen molar-refractivity contribution in [3.63, 3.8) is 0 Å². The van der Waals surface area contributed by atoms with Crippen LogP contribution in [0.5, 0.6) is 0 Å². The van der Waals surface area contributed by atoms with E-state index in [2.05, 4.69) is 81.5 Å². The smallest absolute Gasteiger partial charge is 0.306 e. The number of allylic oxidation sites excluding steroid dienone is 10. The summed E-state index contributed by atoms with van der Waals surface area (Å²) in [4.78, 5) is 25.2. The molecule has 0 saturated carbocycles. The summed E-state index contributed by atoms with van der Waals surface area (Å²) in [5, 5.41) is 0. The summed E-state index contributed by atoms with van der Waals surface area (Å²) >= 11 is 0. The van der Waals surface area contributed by atoms with E-state index >= 15 is 0 Å². The maximum Gasteiger partial charge on any atom is 0.306 e. The molecule has 0 radical (unpaired) electrons. The van der Waals surface area contributed by atoms with Gasteiger partial charge in [-0.15, -0.1) is 0 Å². The van der Waals surface area contributed by atoms with Crippen molar-refractivity contribution in [1.29, 1.82) is 0 Å². The Balaban J connectivity index is 4.28. The van der Waals surface area contributed by atoms with Gasteiger partial charge in [0.2, 0.25) is 0 Å². The number of carbonyl (C=O) groups is 2. The molecule has 0 rings (SSSR count). The molecule has 0 saturated heterocycles. The van der Waals surface area contributed by atoms with E-state index in [9.17, 15) is 9.59 Å². The minimum Gasteiger partial charge on any atom is -0.462 e. The molecule has 0 aromatic carbocycles. The van der Waals surface area contributed by atoms with E-state index in [0.717, 1.165) is 77.0 Å². The Kier molecular flexibility index (Phi) is 45.0. The zero-order valence-corrected chi connectivity index (χ0v) is 37.1. The normalized spacial score (nSPS) is 12.7. The first kappa shape index (κ1) is 53.6. The Morgan fingerprint density at radius 2 is 0.804 bits per heavy atom. The molecule has 0 fully saturated rings. The lowest BCUT2D eigenvalue weighted by atomic mass is 10.0. The molecular formula is C51H90O5.